The largest absolute Gasteiger partial charge is 0.444 e. The minimum Gasteiger partial charge on any atom is -0.444 e. The zero-order valence-electron chi connectivity index (χ0n) is 13.7. The van der Waals surface area contributed by atoms with Crippen molar-refractivity contribution >= 4 is 40.6 Å². The smallest absolute Gasteiger partial charge is 0.407 e. The number of nitrogens with one attached hydrogen (secondary N) is 1. The Labute approximate surface area is 149 Å². The first-order valence-electron chi connectivity index (χ1n) is 7.42. The SMILES string of the molecule is CC(C)(C)OC(=O)NCCN1C(=O)SC(c2ccc(Cl)cc2)C1=O. The molecule has 130 valence electrons. The number of ether oxygens (including phenoxy) is 1. The minimum absolute atomic E-state index is 0.105. The van der Waals surface area contributed by atoms with Gasteiger partial charge in [-0.05, 0) is 50.2 Å². The van der Waals surface area contributed by atoms with Gasteiger partial charge in [-0.15, -0.1) is 0 Å². The Balaban J connectivity index is 1.90. The number of carbonyl (C=O) groups is 3. The van der Waals surface area contributed by atoms with Crippen molar-refractivity contribution in [2.24, 2.45) is 0 Å². The summed E-state index contributed by atoms with van der Waals surface area (Å²) in [5.41, 5.74) is 0.129. The number of halogens is 1. The molecule has 1 aliphatic heterocycles. The van der Waals surface area contributed by atoms with Crippen LogP contribution in [0.25, 0.3) is 0 Å². The molecule has 1 aromatic rings. The van der Waals surface area contributed by atoms with Crippen LogP contribution >= 0.6 is 23.4 Å². The summed E-state index contributed by atoms with van der Waals surface area (Å²) in [6.07, 6.45) is -0.580. The summed E-state index contributed by atoms with van der Waals surface area (Å²) in [5.74, 6) is -0.293. The fraction of sp³-hybridized carbons (Fsp3) is 0.438. The number of carbonyl (C=O) groups excluding carboxylic acids is 3. The van der Waals surface area contributed by atoms with Gasteiger partial charge >= 0.3 is 6.09 Å². The standard InChI is InChI=1S/C16H19ClN2O4S/c1-16(2,3)23-14(21)18-8-9-19-13(20)12(24-15(19)22)10-4-6-11(17)7-5-10/h4-7,12H,8-9H2,1-3H3,(H,18,21). The summed E-state index contributed by atoms with van der Waals surface area (Å²) in [6, 6.07) is 6.82. The van der Waals surface area contributed by atoms with E-state index in [0.29, 0.717) is 5.02 Å². The van der Waals surface area contributed by atoms with Gasteiger partial charge in [-0.1, -0.05) is 23.7 Å². The number of benzene rings is 1. The highest BCUT2D eigenvalue weighted by atomic mass is 35.5. The average molecular weight is 371 g/mol. The van der Waals surface area contributed by atoms with Gasteiger partial charge in [0.15, 0.2) is 0 Å². The number of hydrogen-bond acceptors (Lipinski definition) is 5. The maximum Gasteiger partial charge on any atom is 0.407 e. The first-order chi connectivity index (χ1) is 11.2. The van der Waals surface area contributed by atoms with Gasteiger partial charge < -0.3 is 10.1 Å². The molecule has 6 nitrogen and oxygen atoms in total. The van der Waals surface area contributed by atoms with Crippen LogP contribution in [0.1, 0.15) is 31.6 Å². The highest BCUT2D eigenvalue weighted by molar-refractivity contribution is 8.14. The number of rotatable bonds is 4. The highest BCUT2D eigenvalue weighted by Crippen LogP contribution is 2.39. The molecule has 0 spiro atoms. The third-order valence-electron chi connectivity index (χ3n) is 3.11. The second kappa shape index (κ2) is 7.44. The Kier molecular flexibility index (Phi) is 5.77. The molecule has 1 atom stereocenters. The maximum atomic E-state index is 12.4. The molecule has 1 saturated heterocycles. The van der Waals surface area contributed by atoms with Crippen LogP contribution in [0, 0.1) is 0 Å². The Morgan fingerprint density at radius 2 is 1.92 bits per heavy atom. The predicted octanol–water partition coefficient (Wildman–Crippen LogP) is 3.60. The van der Waals surface area contributed by atoms with Gasteiger partial charge in [-0.2, -0.15) is 0 Å². The minimum atomic E-state index is -0.598. The zero-order valence-corrected chi connectivity index (χ0v) is 15.2. The van der Waals surface area contributed by atoms with Crippen molar-refractivity contribution in [2.45, 2.75) is 31.6 Å². The zero-order chi connectivity index (χ0) is 17.9. The van der Waals surface area contributed by atoms with E-state index < -0.39 is 16.9 Å². The Bertz CT molecular complexity index is 642. The molecule has 1 fully saturated rings. The van der Waals surface area contributed by atoms with Gasteiger partial charge in [0.05, 0.1) is 0 Å². The molecule has 1 aromatic carbocycles. The van der Waals surface area contributed by atoms with Crippen LogP contribution in [-0.2, 0) is 9.53 Å². The van der Waals surface area contributed by atoms with Gasteiger partial charge in [-0.25, -0.2) is 4.79 Å². The van der Waals surface area contributed by atoms with Crippen LogP contribution < -0.4 is 5.32 Å². The number of amides is 3. The molecule has 1 aliphatic rings. The fourth-order valence-electron chi connectivity index (χ4n) is 2.08. The summed E-state index contributed by atoms with van der Waals surface area (Å²) < 4.78 is 5.10. The van der Waals surface area contributed by atoms with Crippen molar-refractivity contribution in [2.75, 3.05) is 13.1 Å². The molecule has 1 unspecified atom stereocenters. The number of thioether (sulfide) groups is 1. The summed E-state index contributed by atoms with van der Waals surface area (Å²) >= 11 is 6.79. The van der Waals surface area contributed by atoms with Gasteiger partial charge in [-0.3, -0.25) is 14.5 Å². The van der Waals surface area contributed by atoms with E-state index in [1.807, 2.05) is 0 Å². The molecule has 0 aliphatic carbocycles. The molecule has 1 N–H and O–H groups in total. The third-order valence-corrected chi connectivity index (χ3v) is 4.49. The molecule has 0 bridgehead atoms. The van der Waals surface area contributed by atoms with Gasteiger partial charge in [0.1, 0.15) is 10.9 Å². The van der Waals surface area contributed by atoms with Crippen LogP contribution in [0.15, 0.2) is 24.3 Å². The van der Waals surface area contributed by atoms with Crippen molar-refractivity contribution in [1.29, 1.82) is 0 Å². The van der Waals surface area contributed by atoms with E-state index >= 15 is 0 Å². The summed E-state index contributed by atoms with van der Waals surface area (Å²) in [7, 11) is 0. The molecule has 0 radical (unpaired) electrons. The van der Waals surface area contributed by atoms with E-state index in [4.69, 9.17) is 16.3 Å². The Morgan fingerprint density at radius 1 is 1.29 bits per heavy atom. The lowest BCUT2D eigenvalue weighted by molar-refractivity contribution is -0.126. The van der Waals surface area contributed by atoms with E-state index in [-0.39, 0.29) is 24.2 Å². The van der Waals surface area contributed by atoms with E-state index in [1.54, 1.807) is 45.0 Å². The normalized spacial score (nSPS) is 18.0. The lowest BCUT2D eigenvalue weighted by atomic mass is 10.1. The first-order valence-corrected chi connectivity index (χ1v) is 8.67. The molecule has 24 heavy (non-hydrogen) atoms. The van der Waals surface area contributed by atoms with E-state index in [1.165, 1.54) is 0 Å². The first kappa shape index (κ1) is 18.6. The lowest BCUT2D eigenvalue weighted by Crippen LogP contribution is -2.39. The van der Waals surface area contributed by atoms with Crippen LogP contribution in [0.3, 0.4) is 0 Å². The van der Waals surface area contributed by atoms with Crippen molar-refractivity contribution in [3.63, 3.8) is 0 Å². The maximum absolute atomic E-state index is 12.4. The second-order valence-corrected chi connectivity index (χ2v) is 7.73. The summed E-state index contributed by atoms with van der Waals surface area (Å²) in [4.78, 5) is 37.2. The van der Waals surface area contributed by atoms with Crippen molar-refractivity contribution < 1.29 is 19.1 Å². The number of imide groups is 1. The molecular weight excluding hydrogens is 352 g/mol. The van der Waals surface area contributed by atoms with Crippen LogP contribution in [0.4, 0.5) is 9.59 Å². The third kappa shape index (κ3) is 4.88. The molecule has 3 amide bonds. The number of hydrogen-bond donors (Lipinski definition) is 1. The van der Waals surface area contributed by atoms with Crippen molar-refractivity contribution in [3.05, 3.63) is 34.9 Å². The Morgan fingerprint density at radius 3 is 2.50 bits per heavy atom. The molecule has 8 heteroatoms. The van der Waals surface area contributed by atoms with Gasteiger partial charge in [0.25, 0.3) is 5.24 Å². The number of nitrogens with zero attached hydrogens (tertiary/aromatic N) is 1. The monoisotopic (exact) mass is 370 g/mol. The van der Waals surface area contributed by atoms with Crippen LogP contribution in [-0.4, -0.2) is 40.8 Å². The van der Waals surface area contributed by atoms with E-state index in [0.717, 1.165) is 22.2 Å². The molecular formula is C16H19ClN2O4S. The molecule has 2 rings (SSSR count). The van der Waals surface area contributed by atoms with Crippen molar-refractivity contribution in [3.8, 4) is 0 Å². The van der Waals surface area contributed by atoms with Gasteiger partial charge in [0, 0.05) is 18.1 Å². The summed E-state index contributed by atoms with van der Waals surface area (Å²) in [5, 5.41) is 2.20. The predicted molar refractivity (Wildman–Crippen MR) is 93.1 cm³/mol. The van der Waals surface area contributed by atoms with Crippen LogP contribution in [0.5, 0.6) is 0 Å². The lowest BCUT2D eigenvalue weighted by Gasteiger charge is -2.20. The molecule has 0 saturated carbocycles. The van der Waals surface area contributed by atoms with Crippen molar-refractivity contribution in [1.82, 2.24) is 10.2 Å². The van der Waals surface area contributed by atoms with E-state index in [9.17, 15) is 14.4 Å². The van der Waals surface area contributed by atoms with Gasteiger partial charge in [0.2, 0.25) is 5.91 Å². The molecule has 0 aromatic heterocycles. The Hall–Kier alpha value is -1.73. The average Bonchev–Trinajstić information content (AvgIpc) is 2.74. The second-order valence-electron chi connectivity index (χ2n) is 6.23. The number of alkyl carbamates (subject to hydrolysis) is 1. The quantitative estimate of drug-likeness (QED) is 0.876. The highest BCUT2D eigenvalue weighted by Gasteiger charge is 2.40. The molecule has 1 heterocycles. The topological polar surface area (TPSA) is 75.7 Å². The van der Waals surface area contributed by atoms with E-state index in [2.05, 4.69) is 5.32 Å². The summed E-state index contributed by atoms with van der Waals surface area (Å²) in [6.45, 7) is 5.52. The fourth-order valence-corrected chi connectivity index (χ4v) is 3.24. The van der Waals surface area contributed by atoms with Crippen LogP contribution in [0.2, 0.25) is 5.02 Å².